The Hall–Kier alpha value is -7.29. The summed E-state index contributed by atoms with van der Waals surface area (Å²) in [5, 5.41) is 18.0. The van der Waals surface area contributed by atoms with E-state index in [9.17, 15) is 9.90 Å². The number of aromatic hydroxyl groups is 1. The van der Waals surface area contributed by atoms with Gasteiger partial charge in [0.15, 0.2) is 0 Å². The van der Waals surface area contributed by atoms with Crippen LogP contribution in [-0.2, 0) is 47.3 Å². The molecule has 0 radical (unpaired) electrons. The highest BCUT2D eigenvalue weighted by atomic mass is 31.1. The molecular weight excluding hydrogens is 1070 g/mol. The monoisotopic (exact) mass is 1150 g/mol. The first-order valence-electron chi connectivity index (χ1n) is 29.6. The number of esters is 1. The van der Waals surface area contributed by atoms with Gasteiger partial charge in [-0.1, -0.05) is 271 Å². The molecule has 1 N–H and O–H groups in total. The highest BCUT2D eigenvalue weighted by Crippen LogP contribution is 2.46. The van der Waals surface area contributed by atoms with Crippen LogP contribution >= 0.6 is 15.8 Å². The van der Waals surface area contributed by atoms with Crippen LogP contribution in [0.5, 0.6) is 23.0 Å². The average Bonchev–Trinajstić information content (AvgIpc) is 1.91. The Labute approximate surface area is 503 Å². The van der Waals surface area contributed by atoms with Gasteiger partial charge in [0.2, 0.25) is 0 Å². The molecule has 0 aromatic heterocycles. The lowest BCUT2D eigenvalue weighted by Crippen LogP contribution is -2.20. The fourth-order valence-electron chi connectivity index (χ4n) is 11.1. The Bertz CT molecular complexity index is 3680. The minimum Gasteiger partial charge on any atom is -0.507 e. The molecule has 0 heterocycles. The summed E-state index contributed by atoms with van der Waals surface area (Å²) in [6, 6.07) is 70.6. The zero-order chi connectivity index (χ0) is 59.6. The van der Waals surface area contributed by atoms with E-state index in [1.54, 1.807) is 12.1 Å². The molecule has 8 bridgehead atoms. The second-order valence-electron chi connectivity index (χ2n) is 26.7. The van der Waals surface area contributed by atoms with Crippen molar-refractivity contribution in [3.63, 3.8) is 0 Å². The maximum absolute atomic E-state index is 14.7. The standard InChI is InChI=1S/C77H82O5P2/c1-74(2,3)61-42-53-38-55-44-62(75(4,5)6)45-56(70(55)80-50-83(65-30-20-14-21-31-65)66-32-22-15-23-33-66)40-57-46-63(76(7,8)9)47-58(71(57)81-51-84(67-34-24-16-25-35-67)68-36-26-17-27-37-68)41-60-49-64(77(10,11)12)48-59(39-54(43-61)69(53)78)72(60)82-73(79)52-28-18-13-19-29-52/h13-37,42-49,78H,38-41,50-51H2,1-12H3. The van der Waals surface area contributed by atoms with Crippen molar-refractivity contribution in [1.82, 2.24) is 0 Å². The summed E-state index contributed by atoms with van der Waals surface area (Å²) in [5.74, 6) is 1.94. The second kappa shape index (κ2) is 24.7. The van der Waals surface area contributed by atoms with Crippen LogP contribution in [0.15, 0.2) is 200 Å². The van der Waals surface area contributed by atoms with Crippen molar-refractivity contribution < 1.29 is 24.1 Å². The van der Waals surface area contributed by atoms with Gasteiger partial charge in [-0.05, 0) is 126 Å². The maximum Gasteiger partial charge on any atom is 0.343 e. The molecule has 10 rings (SSSR count). The van der Waals surface area contributed by atoms with E-state index >= 15 is 0 Å². The Balaban J connectivity index is 1.28. The van der Waals surface area contributed by atoms with Gasteiger partial charge in [-0.3, -0.25) is 0 Å². The number of benzene rings is 9. The quantitative estimate of drug-likeness (QED) is 0.0750. The van der Waals surface area contributed by atoms with Gasteiger partial charge in [0.1, 0.15) is 35.7 Å². The molecule has 0 aliphatic heterocycles. The van der Waals surface area contributed by atoms with Gasteiger partial charge >= 0.3 is 5.97 Å². The highest BCUT2D eigenvalue weighted by molar-refractivity contribution is 7.73. The van der Waals surface area contributed by atoms with Crippen molar-refractivity contribution in [3.8, 4) is 23.0 Å². The fourth-order valence-corrected chi connectivity index (χ4v) is 15.0. The van der Waals surface area contributed by atoms with Crippen LogP contribution in [0.4, 0.5) is 0 Å². The summed E-state index contributed by atoms with van der Waals surface area (Å²) in [7, 11) is -1.94. The number of rotatable bonds is 12. The summed E-state index contributed by atoms with van der Waals surface area (Å²) >= 11 is 0. The van der Waals surface area contributed by atoms with Crippen LogP contribution in [0.2, 0.25) is 0 Å². The van der Waals surface area contributed by atoms with Crippen LogP contribution in [0, 0.1) is 0 Å². The van der Waals surface area contributed by atoms with Gasteiger partial charge in [0.25, 0.3) is 0 Å². The lowest BCUT2D eigenvalue weighted by molar-refractivity contribution is 0.0731. The number of hydrogen-bond donors (Lipinski definition) is 1. The average molecular weight is 1150 g/mol. The van der Waals surface area contributed by atoms with E-state index in [4.69, 9.17) is 14.2 Å². The third-order valence-electron chi connectivity index (χ3n) is 16.1. The Morgan fingerprint density at radius 2 is 0.595 bits per heavy atom. The number of carbonyl (C=O) groups excluding carboxylic acids is 1. The minimum atomic E-state index is -0.984. The maximum atomic E-state index is 14.7. The van der Waals surface area contributed by atoms with E-state index in [1.807, 2.05) is 18.2 Å². The van der Waals surface area contributed by atoms with E-state index < -0.39 is 21.8 Å². The summed E-state index contributed by atoms with van der Waals surface area (Å²) in [6.07, 6.45) is 2.47. The van der Waals surface area contributed by atoms with E-state index in [1.165, 1.54) is 32.3 Å². The summed E-state index contributed by atoms with van der Waals surface area (Å²) in [4.78, 5) is 14.7. The first kappa shape index (κ1) is 59.9. The van der Waals surface area contributed by atoms with Crippen molar-refractivity contribution in [2.45, 2.75) is 130 Å². The minimum absolute atomic E-state index is 0.228. The van der Waals surface area contributed by atoms with Crippen LogP contribution < -0.4 is 35.4 Å². The van der Waals surface area contributed by atoms with Crippen molar-refractivity contribution >= 4 is 43.0 Å². The zero-order valence-corrected chi connectivity index (χ0v) is 53.1. The van der Waals surface area contributed by atoms with Crippen LogP contribution in [0.25, 0.3) is 0 Å². The smallest absolute Gasteiger partial charge is 0.343 e. The summed E-state index contributed by atoms with van der Waals surface area (Å²) < 4.78 is 22.1. The van der Waals surface area contributed by atoms with Crippen LogP contribution in [0.3, 0.4) is 0 Å². The molecule has 0 fully saturated rings. The molecule has 1 aliphatic carbocycles. The van der Waals surface area contributed by atoms with Gasteiger partial charge < -0.3 is 19.3 Å². The predicted octanol–water partition coefficient (Wildman–Crippen LogP) is 17.4. The molecule has 9 aromatic carbocycles. The highest BCUT2D eigenvalue weighted by Gasteiger charge is 2.31. The topological polar surface area (TPSA) is 65.0 Å². The zero-order valence-electron chi connectivity index (χ0n) is 51.3. The first-order chi connectivity index (χ1) is 40.0. The largest absolute Gasteiger partial charge is 0.507 e. The van der Waals surface area contributed by atoms with Crippen LogP contribution in [-0.4, -0.2) is 23.8 Å². The molecule has 0 unspecified atom stereocenters. The van der Waals surface area contributed by atoms with E-state index in [0.29, 0.717) is 49.7 Å². The Morgan fingerprint density at radius 3 is 0.869 bits per heavy atom. The molecule has 0 spiro atoms. The molecule has 5 nitrogen and oxygen atoms in total. The number of carbonyl (C=O) groups is 1. The molecule has 0 atom stereocenters. The molecule has 7 heteroatoms. The second-order valence-corrected chi connectivity index (χ2v) is 31.0. The number of phenolic OH excluding ortho intramolecular Hbond substituents is 1. The van der Waals surface area contributed by atoms with Gasteiger partial charge in [-0.15, -0.1) is 0 Å². The Morgan fingerprint density at radius 1 is 0.357 bits per heavy atom. The van der Waals surface area contributed by atoms with Gasteiger partial charge in [0, 0.05) is 36.8 Å². The third kappa shape index (κ3) is 13.9. The molecule has 9 aromatic rings. The molecule has 1 aliphatic rings. The molecule has 0 saturated carbocycles. The van der Waals surface area contributed by atoms with E-state index in [2.05, 4.69) is 253 Å². The van der Waals surface area contributed by atoms with Gasteiger partial charge in [0.05, 0.1) is 5.56 Å². The number of phenols is 1. The Kier molecular flexibility index (Phi) is 17.6. The lowest BCUT2D eigenvalue weighted by Gasteiger charge is -2.29. The van der Waals surface area contributed by atoms with E-state index in [0.717, 1.165) is 67.1 Å². The summed E-state index contributed by atoms with van der Waals surface area (Å²) in [5.41, 5.74) is 11.3. The lowest BCUT2D eigenvalue weighted by atomic mass is 9.79. The number of hydrogen-bond acceptors (Lipinski definition) is 5. The molecule has 430 valence electrons. The number of ether oxygens (including phenoxy) is 3. The molecule has 0 amide bonds. The van der Waals surface area contributed by atoms with Gasteiger partial charge in [-0.2, -0.15) is 0 Å². The van der Waals surface area contributed by atoms with E-state index in [-0.39, 0.29) is 27.4 Å². The predicted molar refractivity (Wildman–Crippen MR) is 354 cm³/mol. The fraction of sp³-hybridized carbons (Fsp3) is 0.286. The molecule has 84 heavy (non-hydrogen) atoms. The summed E-state index contributed by atoms with van der Waals surface area (Å²) in [6.45, 7) is 27.1. The molecule has 0 saturated heterocycles. The SMILES string of the molecule is CC(C)(C)c1cc2c(O)c(c1)Cc1cc(C(C)(C)C)cc(c1OC(=O)c1ccccc1)Cc1cc(C(C)(C)C)cc(c1OCP(c1ccccc1)c1ccccc1)Cc1cc(C(C)(C)C)cc(c1OCP(c1ccccc1)c1ccccc1)C2. The number of fused-ring (bicyclic) bond motifs is 8. The first-order valence-corrected chi connectivity index (χ1v) is 32.7. The van der Waals surface area contributed by atoms with Gasteiger partial charge in [-0.25, -0.2) is 4.79 Å². The van der Waals surface area contributed by atoms with Crippen molar-refractivity contribution in [1.29, 1.82) is 0 Å². The van der Waals surface area contributed by atoms with Crippen molar-refractivity contribution in [3.05, 3.63) is 273 Å². The van der Waals surface area contributed by atoms with Crippen molar-refractivity contribution in [2.75, 3.05) is 12.7 Å². The normalized spacial score (nSPS) is 13.0. The molecular formula is C77H82O5P2. The third-order valence-corrected chi connectivity index (χ3v) is 20.6. The van der Waals surface area contributed by atoms with Crippen molar-refractivity contribution in [2.24, 2.45) is 0 Å². The van der Waals surface area contributed by atoms with Crippen LogP contribution in [0.1, 0.15) is 160 Å².